The van der Waals surface area contributed by atoms with Gasteiger partial charge < -0.3 is 10.4 Å². The van der Waals surface area contributed by atoms with Crippen LogP contribution < -0.4 is 5.32 Å². The summed E-state index contributed by atoms with van der Waals surface area (Å²) in [6.07, 6.45) is 4.41. The van der Waals surface area contributed by atoms with E-state index in [2.05, 4.69) is 17.6 Å². The van der Waals surface area contributed by atoms with E-state index in [4.69, 9.17) is 0 Å². The highest BCUT2D eigenvalue weighted by Crippen LogP contribution is 2.34. The summed E-state index contributed by atoms with van der Waals surface area (Å²) in [5, 5.41) is 13.3. The number of rotatable bonds is 2. The van der Waals surface area contributed by atoms with E-state index in [0.717, 1.165) is 24.1 Å². The molecule has 1 saturated heterocycles. The number of thioether (sulfide) groups is 1. The van der Waals surface area contributed by atoms with Gasteiger partial charge in [-0.2, -0.15) is 0 Å². The maximum Gasteiger partial charge on any atom is 0.120 e. The largest absolute Gasteiger partial charge is 0.508 e. The van der Waals surface area contributed by atoms with Gasteiger partial charge in [0, 0.05) is 16.5 Å². The molecule has 15 heavy (non-hydrogen) atoms. The summed E-state index contributed by atoms with van der Waals surface area (Å²) in [6.45, 7) is 3.10. The summed E-state index contributed by atoms with van der Waals surface area (Å²) in [5.41, 5.74) is 2.21. The molecular weight excluding hydrogens is 206 g/mol. The molecular formula is C12H17NOS. The lowest BCUT2D eigenvalue weighted by molar-refractivity contribution is 0.455. The maximum atomic E-state index is 9.92. The van der Waals surface area contributed by atoms with Crippen LogP contribution in [0.2, 0.25) is 0 Å². The highest BCUT2D eigenvalue weighted by atomic mass is 32.2. The van der Waals surface area contributed by atoms with Crippen molar-refractivity contribution < 1.29 is 5.11 Å². The number of aryl methyl sites for hydroxylation is 1. The second-order valence-corrected chi connectivity index (χ2v) is 4.88. The zero-order valence-corrected chi connectivity index (χ0v) is 10.0. The Kier molecular flexibility index (Phi) is 3.22. The SMILES string of the molecule is CSc1cc([C@@H]2CCCN2)c(O)cc1C. The Morgan fingerprint density at radius 1 is 1.47 bits per heavy atom. The van der Waals surface area contributed by atoms with E-state index in [1.54, 1.807) is 11.8 Å². The predicted molar refractivity (Wildman–Crippen MR) is 64.6 cm³/mol. The number of hydrogen-bond acceptors (Lipinski definition) is 3. The minimum atomic E-state index is 0.344. The van der Waals surface area contributed by atoms with Crippen molar-refractivity contribution in [3.8, 4) is 5.75 Å². The summed E-state index contributed by atoms with van der Waals surface area (Å²) >= 11 is 1.74. The van der Waals surface area contributed by atoms with E-state index >= 15 is 0 Å². The average Bonchev–Trinajstić information content (AvgIpc) is 2.71. The molecule has 82 valence electrons. The van der Waals surface area contributed by atoms with Gasteiger partial charge in [0.05, 0.1) is 0 Å². The van der Waals surface area contributed by atoms with Gasteiger partial charge in [-0.25, -0.2) is 0 Å². The fourth-order valence-electron chi connectivity index (χ4n) is 2.14. The van der Waals surface area contributed by atoms with Crippen LogP contribution in [0.15, 0.2) is 17.0 Å². The molecule has 1 atom stereocenters. The number of phenolic OH excluding ortho intramolecular Hbond substituents is 1. The maximum absolute atomic E-state index is 9.92. The summed E-state index contributed by atoms with van der Waals surface area (Å²) in [4.78, 5) is 1.26. The summed E-state index contributed by atoms with van der Waals surface area (Å²) < 4.78 is 0. The molecule has 3 heteroatoms. The Labute approximate surface area is 95.1 Å². The third-order valence-electron chi connectivity index (χ3n) is 2.98. The molecule has 2 nitrogen and oxygen atoms in total. The molecule has 2 N–H and O–H groups in total. The fourth-order valence-corrected chi connectivity index (χ4v) is 2.76. The van der Waals surface area contributed by atoms with Crippen LogP contribution in [0.5, 0.6) is 5.75 Å². The van der Waals surface area contributed by atoms with Crippen LogP contribution in [-0.4, -0.2) is 17.9 Å². The Hall–Kier alpha value is -0.670. The normalized spacial score (nSPS) is 20.8. The molecule has 0 aromatic heterocycles. The molecule has 0 saturated carbocycles. The summed E-state index contributed by atoms with van der Waals surface area (Å²) in [7, 11) is 0. The molecule has 0 spiro atoms. The van der Waals surface area contributed by atoms with Crippen molar-refractivity contribution in [3.63, 3.8) is 0 Å². The number of benzene rings is 1. The van der Waals surface area contributed by atoms with E-state index in [0.29, 0.717) is 11.8 Å². The van der Waals surface area contributed by atoms with Crippen molar-refractivity contribution in [2.75, 3.05) is 12.8 Å². The lowest BCUT2D eigenvalue weighted by Crippen LogP contribution is -2.13. The van der Waals surface area contributed by atoms with Crippen LogP contribution in [0.4, 0.5) is 0 Å². The third kappa shape index (κ3) is 2.13. The van der Waals surface area contributed by atoms with E-state index < -0.39 is 0 Å². The molecule has 1 heterocycles. The van der Waals surface area contributed by atoms with Crippen LogP contribution in [0, 0.1) is 6.92 Å². The highest BCUT2D eigenvalue weighted by Gasteiger charge is 2.20. The third-order valence-corrected chi connectivity index (χ3v) is 3.86. The van der Waals surface area contributed by atoms with Gasteiger partial charge >= 0.3 is 0 Å². The summed E-state index contributed by atoms with van der Waals surface area (Å²) in [6, 6.07) is 4.34. The van der Waals surface area contributed by atoms with E-state index in [9.17, 15) is 5.11 Å². The first-order valence-corrected chi connectivity index (χ1v) is 6.55. The van der Waals surface area contributed by atoms with E-state index in [1.165, 1.54) is 11.3 Å². The number of nitrogens with one attached hydrogen (secondary N) is 1. The first-order valence-electron chi connectivity index (χ1n) is 5.33. The van der Waals surface area contributed by atoms with E-state index in [-0.39, 0.29) is 0 Å². The van der Waals surface area contributed by atoms with Crippen molar-refractivity contribution in [2.45, 2.75) is 30.7 Å². The predicted octanol–water partition coefficient (Wildman–Crippen LogP) is 2.85. The molecule has 1 aliphatic rings. The molecule has 0 bridgehead atoms. The molecule has 0 unspecified atom stereocenters. The van der Waals surface area contributed by atoms with Crippen LogP contribution in [0.25, 0.3) is 0 Å². The topological polar surface area (TPSA) is 32.3 Å². The smallest absolute Gasteiger partial charge is 0.120 e. The Bertz CT molecular complexity index is 359. The lowest BCUT2D eigenvalue weighted by atomic mass is 10.0. The van der Waals surface area contributed by atoms with Crippen molar-refractivity contribution in [1.82, 2.24) is 5.32 Å². The van der Waals surface area contributed by atoms with Gasteiger partial charge in [-0.3, -0.25) is 0 Å². The van der Waals surface area contributed by atoms with E-state index in [1.807, 2.05) is 13.0 Å². The molecule has 1 fully saturated rings. The van der Waals surface area contributed by atoms with Gasteiger partial charge in [0.25, 0.3) is 0 Å². The highest BCUT2D eigenvalue weighted by molar-refractivity contribution is 7.98. The first-order chi connectivity index (χ1) is 7.22. The first kappa shape index (κ1) is 10.8. The zero-order chi connectivity index (χ0) is 10.8. The molecule has 1 aliphatic heterocycles. The van der Waals surface area contributed by atoms with Crippen LogP contribution in [0.1, 0.15) is 30.0 Å². The van der Waals surface area contributed by atoms with Gasteiger partial charge in [0.15, 0.2) is 0 Å². The van der Waals surface area contributed by atoms with Crippen molar-refractivity contribution >= 4 is 11.8 Å². The quantitative estimate of drug-likeness (QED) is 0.756. The Morgan fingerprint density at radius 3 is 2.87 bits per heavy atom. The van der Waals surface area contributed by atoms with Crippen LogP contribution in [0.3, 0.4) is 0 Å². The summed E-state index contributed by atoms with van der Waals surface area (Å²) in [5.74, 6) is 0.435. The van der Waals surface area contributed by atoms with Gasteiger partial charge in [-0.15, -0.1) is 11.8 Å². The molecule has 0 aliphatic carbocycles. The Balaban J connectivity index is 2.37. The van der Waals surface area contributed by atoms with Gasteiger partial charge in [-0.05, 0) is 50.3 Å². The molecule has 0 radical (unpaired) electrons. The Morgan fingerprint density at radius 2 is 2.27 bits per heavy atom. The second kappa shape index (κ2) is 4.45. The standard InChI is InChI=1S/C12H17NOS/c1-8-6-11(14)9(7-12(8)15-2)10-4-3-5-13-10/h6-7,10,13-14H,3-5H2,1-2H3/t10-/m0/s1. The van der Waals surface area contributed by atoms with Gasteiger partial charge in [0.1, 0.15) is 5.75 Å². The fraction of sp³-hybridized carbons (Fsp3) is 0.500. The molecule has 1 aromatic carbocycles. The van der Waals surface area contributed by atoms with Gasteiger partial charge in [-0.1, -0.05) is 0 Å². The molecule has 0 amide bonds. The average molecular weight is 223 g/mol. The van der Waals surface area contributed by atoms with Crippen molar-refractivity contribution in [2.24, 2.45) is 0 Å². The van der Waals surface area contributed by atoms with Crippen molar-refractivity contribution in [3.05, 3.63) is 23.3 Å². The monoisotopic (exact) mass is 223 g/mol. The second-order valence-electron chi connectivity index (χ2n) is 4.03. The van der Waals surface area contributed by atoms with Crippen LogP contribution in [-0.2, 0) is 0 Å². The molecule has 1 aromatic rings. The zero-order valence-electron chi connectivity index (χ0n) is 9.21. The van der Waals surface area contributed by atoms with Crippen LogP contribution >= 0.6 is 11.8 Å². The number of aromatic hydroxyl groups is 1. The number of hydrogen-bond donors (Lipinski definition) is 2. The minimum Gasteiger partial charge on any atom is -0.508 e. The minimum absolute atomic E-state index is 0.344. The van der Waals surface area contributed by atoms with Crippen molar-refractivity contribution in [1.29, 1.82) is 0 Å². The molecule has 2 rings (SSSR count). The number of phenols is 1. The van der Waals surface area contributed by atoms with Gasteiger partial charge in [0.2, 0.25) is 0 Å². The lowest BCUT2D eigenvalue weighted by Gasteiger charge is -2.15.